The molecular formula is C26H18BrCl4N3O4S2. The van der Waals surface area contributed by atoms with Crippen molar-refractivity contribution in [1.82, 2.24) is 10.4 Å². The number of nitrogens with one attached hydrogen (secondary N) is 2. The molecule has 2 N–H and O–H groups in total. The number of amides is 3. The highest BCUT2D eigenvalue weighted by Crippen LogP contribution is 2.40. The second kappa shape index (κ2) is 13.7. The van der Waals surface area contributed by atoms with Crippen molar-refractivity contribution in [3.8, 4) is 11.5 Å². The van der Waals surface area contributed by atoms with Crippen LogP contribution in [0.25, 0.3) is 6.08 Å². The van der Waals surface area contributed by atoms with E-state index in [0.717, 1.165) is 22.3 Å². The van der Waals surface area contributed by atoms with Crippen LogP contribution in [-0.2, 0) is 11.4 Å². The van der Waals surface area contributed by atoms with Gasteiger partial charge in [-0.05, 0) is 94.7 Å². The number of hydrogen-bond acceptors (Lipinski definition) is 6. The SMILES string of the molecule is CCOc1cc(/C=C2/SC(=S)N(NC(=O)Nc3ccc(Cl)c(Cl)c3)C2=O)cc(Br)c1OCc1ccc(Cl)c(Cl)c1. The third-order valence-electron chi connectivity index (χ3n) is 5.18. The van der Waals surface area contributed by atoms with Gasteiger partial charge in [0.25, 0.3) is 5.91 Å². The second-order valence-corrected chi connectivity index (χ2v) is 12.2. The minimum absolute atomic E-state index is 0.159. The van der Waals surface area contributed by atoms with Gasteiger partial charge in [-0.2, -0.15) is 5.01 Å². The Morgan fingerprint density at radius 1 is 1.02 bits per heavy atom. The highest BCUT2D eigenvalue weighted by Gasteiger charge is 2.34. The van der Waals surface area contributed by atoms with Gasteiger partial charge in [0.05, 0.1) is 36.1 Å². The van der Waals surface area contributed by atoms with Crippen LogP contribution in [0.3, 0.4) is 0 Å². The zero-order chi connectivity index (χ0) is 29.0. The van der Waals surface area contributed by atoms with Crippen molar-refractivity contribution in [3.63, 3.8) is 0 Å². The van der Waals surface area contributed by atoms with Gasteiger partial charge in [0.2, 0.25) is 0 Å². The molecule has 3 amide bonds. The van der Waals surface area contributed by atoms with E-state index in [1.165, 1.54) is 6.07 Å². The third-order valence-corrected chi connectivity index (χ3v) is 8.55. The topological polar surface area (TPSA) is 79.9 Å². The van der Waals surface area contributed by atoms with Crippen LogP contribution >= 0.6 is 86.3 Å². The van der Waals surface area contributed by atoms with Gasteiger partial charge in [-0.3, -0.25) is 4.79 Å². The van der Waals surface area contributed by atoms with Crippen molar-refractivity contribution < 1.29 is 19.1 Å². The Morgan fingerprint density at radius 2 is 1.73 bits per heavy atom. The van der Waals surface area contributed by atoms with E-state index in [1.807, 2.05) is 13.0 Å². The average Bonchev–Trinajstić information content (AvgIpc) is 3.15. The fourth-order valence-electron chi connectivity index (χ4n) is 3.41. The van der Waals surface area contributed by atoms with Crippen LogP contribution in [0, 0.1) is 0 Å². The van der Waals surface area contributed by atoms with Gasteiger partial charge >= 0.3 is 6.03 Å². The van der Waals surface area contributed by atoms with Gasteiger partial charge in [0.15, 0.2) is 15.8 Å². The molecule has 1 aliphatic rings. The van der Waals surface area contributed by atoms with Gasteiger partial charge < -0.3 is 14.8 Å². The van der Waals surface area contributed by atoms with Crippen LogP contribution in [0.5, 0.6) is 11.5 Å². The fraction of sp³-hybridized carbons (Fsp3) is 0.115. The first-order chi connectivity index (χ1) is 19.0. The summed E-state index contributed by atoms with van der Waals surface area (Å²) < 4.78 is 12.6. The van der Waals surface area contributed by atoms with Crippen LogP contribution in [0.1, 0.15) is 18.1 Å². The Hall–Kier alpha value is -2.18. The van der Waals surface area contributed by atoms with E-state index in [-0.39, 0.29) is 16.0 Å². The number of benzene rings is 3. The molecular weight excluding hydrogens is 704 g/mol. The predicted molar refractivity (Wildman–Crippen MR) is 170 cm³/mol. The number of rotatable bonds is 8. The van der Waals surface area contributed by atoms with Crippen molar-refractivity contribution in [2.45, 2.75) is 13.5 Å². The maximum atomic E-state index is 13.1. The summed E-state index contributed by atoms with van der Waals surface area (Å²) in [5.41, 5.74) is 4.32. The summed E-state index contributed by atoms with van der Waals surface area (Å²) in [7, 11) is 0. The van der Waals surface area contributed by atoms with Crippen LogP contribution in [0.15, 0.2) is 57.9 Å². The first-order valence-electron chi connectivity index (χ1n) is 11.4. The molecule has 0 saturated carbocycles. The second-order valence-electron chi connectivity index (χ2n) is 8.01. The smallest absolute Gasteiger partial charge is 0.338 e. The van der Waals surface area contributed by atoms with Crippen molar-refractivity contribution in [3.05, 3.63) is 89.1 Å². The molecule has 1 fully saturated rings. The van der Waals surface area contributed by atoms with Gasteiger partial charge in [0, 0.05) is 5.69 Å². The highest BCUT2D eigenvalue weighted by atomic mass is 79.9. The van der Waals surface area contributed by atoms with Crippen LogP contribution in [-0.4, -0.2) is 27.9 Å². The number of thioether (sulfide) groups is 1. The van der Waals surface area contributed by atoms with Crippen molar-refractivity contribution in [2.24, 2.45) is 0 Å². The molecule has 0 radical (unpaired) electrons. The lowest BCUT2D eigenvalue weighted by molar-refractivity contribution is -0.123. The average molecular weight is 722 g/mol. The lowest BCUT2D eigenvalue weighted by Crippen LogP contribution is -2.46. The summed E-state index contributed by atoms with van der Waals surface area (Å²) in [6, 6.07) is 12.7. The van der Waals surface area contributed by atoms with E-state index in [9.17, 15) is 9.59 Å². The molecule has 1 aliphatic heterocycles. The largest absolute Gasteiger partial charge is 0.490 e. The first kappa shape index (κ1) is 30.8. The molecule has 1 heterocycles. The summed E-state index contributed by atoms with van der Waals surface area (Å²) >= 11 is 33.9. The summed E-state index contributed by atoms with van der Waals surface area (Å²) in [6.45, 7) is 2.46. The third kappa shape index (κ3) is 7.55. The van der Waals surface area contributed by atoms with Gasteiger partial charge in [-0.25, -0.2) is 10.2 Å². The number of carbonyl (C=O) groups is 2. The zero-order valence-corrected chi connectivity index (χ0v) is 26.6. The standard InChI is InChI=1S/C26H18BrCl4N3O4S2/c1-2-37-21-9-14(7-16(27)23(21)38-12-13-3-5-17(28)19(30)8-13)10-22-24(35)34(26(39)40-22)33-25(36)32-15-4-6-18(29)20(31)11-15/h3-11H,2,12H2,1H3,(H2,32,33,36)/b22-10+. The Bertz CT molecular complexity index is 1540. The lowest BCUT2D eigenvalue weighted by Gasteiger charge is -2.16. The van der Waals surface area contributed by atoms with Gasteiger partial charge in [-0.15, -0.1) is 0 Å². The van der Waals surface area contributed by atoms with E-state index in [2.05, 4.69) is 26.7 Å². The molecule has 1 saturated heterocycles. The van der Waals surface area contributed by atoms with E-state index >= 15 is 0 Å². The highest BCUT2D eigenvalue weighted by molar-refractivity contribution is 9.10. The van der Waals surface area contributed by atoms with E-state index in [0.29, 0.717) is 53.8 Å². The molecule has 0 spiro atoms. The molecule has 14 heteroatoms. The lowest BCUT2D eigenvalue weighted by atomic mass is 10.1. The summed E-state index contributed by atoms with van der Waals surface area (Å²) in [5.74, 6) is 0.462. The van der Waals surface area contributed by atoms with Crippen LogP contribution < -0.4 is 20.2 Å². The molecule has 0 aromatic heterocycles. The normalized spacial score (nSPS) is 14.1. The Kier molecular flexibility index (Phi) is 10.5. The van der Waals surface area contributed by atoms with Crippen LogP contribution in [0.2, 0.25) is 20.1 Å². The number of anilines is 1. The first-order valence-corrected chi connectivity index (χ1v) is 14.9. The zero-order valence-electron chi connectivity index (χ0n) is 20.4. The number of urea groups is 1. The quantitative estimate of drug-likeness (QED) is 0.179. The Balaban J connectivity index is 1.48. The maximum Gasteiger partial charge on any atom is 0.338 e. The van der Waals surface area contributed by atoms with E-state index in [1.54, 1.807) is 42.5 Å². The molecule has 40 heavy (non-hydrogen) atoms. The predicted octanol–water partition coefficient (Wildman–Crippen LogP) is 8.98. The van der Waals surface area contributed by atoms with E-state index < -0.39 is 11.9 Å². The molecule has 4 rings (SSSR count). The van der Waals surface area contributed by atoms with Gasteiger partial charge in [-0.1, -0.05) is 64.2 Å². The molecule has 0 aliphatic carbocycles. The number of hydrogen-bond donors (Lipinski definition) is 2. The molecule has 208 valence electrons. The fourth-order valence-corrected chi connectivity index (χ4v) is 5.78. The number of halogens is 5. The molecule has 0 unspecified atom stereocenters. The molecule has 3 aromatic carbocycles. The summed E-state index contributed by atoms with van der Waals surface area (Å²) in [5, 5.41) is 5.08. The molecule has 3 aromatic rings. The molecule has 0 atom stereocenters. The van der Waals surface area contributed by atoms with Crippen molar-refractivity contribution in [2.75, 3.05) is 11.9 Å². The van der Waals surface area contributed by atoms with Crippen molar-refractivity contribution >= 4 is 114 Å². The molecule has 7 nitrogen and oxygen atoms in total. The monoisotopic (exact) mass is 719 g/mol. The van der Waals surface area contributed by atoms with Crippen LogP contribution in [0.4, 0.5) is 10.5 Å². The number of thiocarbonyl (C=S) groups is 1. The number of nitrogens with zero attached hydrogens (tertiary/aromatic N) is 1. The minimum atomic E-state index is -0.680. The van der Waals surface area contributed by atoms with Crippen molar-refractivity contribution in [1.29, 1.82) is 0 Å². The summed E-state index contributed by atoms with van der Waals surface area (Å²) in [6.07, 6.45) is 1.65. The molecule has 0 bridgehead atoms. The Morgan fingerprint density at radius 3 is 2.40 bits per heavy atom. The Labute approximate surface area is 268 Å². The minimum Gasteiger partial charge on any atom is -0.490 e. The maximum absolute atomic E-state index is 13.1. The van der Waals surface area contributed by atoms with E-state index in [4.69, 9.17) is 68.1 Å². The van der Waals surface area contributed by atoms with Gasteiger partial charge in [0.1, 0.15) is 6.61 Å². The number of hydrazine groups is 1. The number of carbonyl (C=O) groups excluding carboxylic acids is 2. The summed E-state index contributed by atoms with van der Waals surface area (Å²) in [4.78, 5) is 25.9. The number of ether oxygens (including phenoxy) is 2.